The van der Waals surface area contributed by atoms with Gasteiger partial charge in [-0.1, -0.05) is 18.2 Å². The third-order valence-corrected chi connectivity index (χ3v) is 3.82. The van der Waals surface area contributed by atoms with Gasteiger partial charge < -0.3 is 4.74 Å². The lowest BCUT2D eigenvalue weighted by Crippen LogP contribution is -2.30. The zero-order chi connectivity index (χ0) is 13.9. The summed E-state index contributed by atoms with van der Waals surface area (Å²) in [6.07, 6.45) is 5.79. The van der Waals surface area contributed by atoms with Crippen LogP contribution in [-0.4, -0.2) is 11.6 Å². The lowest BCUT2D eigenvalue weighted by Gasteiger charge is -2.25. The Kier molecular flexibility index (Phi) is 3.67. The van der Waals surface area contributed by atoms with Crippen LogP contribution in [0.5, 0.6) is 5.75 Å². The summed E-state index contributed by atoms with van der Waals surface area (Å²) in [5, 5.41) is 0. The predicted molar refractivity (Wildman–Crippen MR) is 78.4 cm³/mol. The molecular weight excluding hydrogens is 250 g/mol. The third-order valence-electron chi connectivity index (χ3n) is 3.82. The average molecular weight is 269 g/mol. The number of nitrogens with one attached hydrogen (secondary N) is 1. The van der Waals surface area contributed by atoms with Crippen LogP contribution in [0.3, 0.4) is 0 Å². The van der Waals surface area contributed by atoms with Gasteiger partial charge in [0.15, 0.2) is 0 Å². The van der Waals surface area contributed by atoms with Crippen molar-refractivity contribution in [2.24, 2.45) is 5.84 Å². The van der Waals surface area contributed by atoms with Crippen LogP contribution >= 0.6 is 0 Å². The third kappa shape index (κ3) is 2.28. The topological polar surface area (TPSA) is 60.2 Å². The van der Waals surface area contributed by atoms with E-state index in [1.807, 2.05) is 19.2 Å². The summed E-state index contributed by atoms with van der Waals surface area (Å²) in [6, 6.07) is 8.21. The predicted octanol–water partition coefficient (Wildman–Crippen LogP) is 2.27. The molecule has 1 unspecified atom stereocenters. The molecule has 0 amide bonds. The monoisotopic (exact) mass is 269 g/mol. The summed E-state index contributed by atoms with van der Waals surface area (Å²) < 4.78 is 5.89. The van der Waals surface area contributed by atoms with E-state index < -0.39 is 0 Å². The molecule has 0 radical (unpaired) electrons. The fourth-order valence-corrected chi connectivity index (χ4v) is 2.80. The van der Waals surface area contributed by atoms with Crippen molar-refractivity contribution in [1.82, 2.24) is 10.4 Å². The van der Waals surface area contributed by atoms with Gasteiger partial charge in [-0.25, -0.2) is 5.43 Å². The molecule has 3 rings (SSSR count). The molecule has 0 saturated heterocycles. The molecule has 0 bridgehead atoms. The summed E-state index contributed by atoms with van der Waals surface area (Å²) in [5.41, 5.74) is 7.52. The van der Waals surface area contributed by atoms with Crippen molar-refractivity contribution in [2.45, 2.75) is 25.8 Å². The first-order valence-corrected chi connectivity index (χ1v) is 6.92. The highest BCUT2D eigenvalue weighted by molar-refractivity contribution is 5.48. The van der Waals surface area contributed by atoms with Gasteiger partial charge in [-0.15, -0.1) is 0 Å². The number of nitrogens with zero attached hydrogens (tertiary/aromatic N) is 1. The Bertz CT molecular complexity index is 612. The lowest BCUT2D eigenvalue weighted by atomic mass is 9.93. The smallest absolute Gasteiger partial charge is 0.127 e. The van der Waals surface area contributed by atoms with Crippen LogP contribution < -0.4 is 16.0 Å². The normalized spacial score (nSPS) is 15.3. The molecule has 1 aliphatic rings. The second-order valence-electron chi connectivity index (χ2n) is 5.12. The van der Waals surface area contributed by atoms with E-state index in [1.54, 1.807) is 6.20 Å². The van der Waals surface area contributed by atoms with Gasteiger partial charge in [0.25, 0.3) is 0 Å². The van der Waals surface area contributed by atoms with Crippen molar-refractivity contribution in [2.75, 3.05) is 6.61 Å². The number of fused-ring (bicyclic) bond motifs is 1. The van der Waals surface area contributed by atoms with E-state index in [4.69, 9.17) is 10.6 Å². The zero-order valence-corrected chi connectivity index (χ0v) is 11.6. The number of nitrogens with two attached hydrogens (primary N) is 1. The van der Waals surface area contributed by atoms with Gasteiger partial charge in [-0.2, -0.15) is 0 Å². The van der Waals surface area contributed by atoms with E-state index in [9.17, 15) is 0 Å². The van der Waals surface area contributed by atoms with Crippen molar-refractivity contribution in [3.05, 3.63) is 58.9 Å². The Balaban J connectivity index is 2.09. The van der Waals surface area contributed by atoms with E-state index in [2.05, 4.69) is 28.6 Å². The molecule has 0 aliphatic carbocycles. The number of aryl methyl sites for hydroxylation is 2. The molecule has 1 atom stereocenters. The van der Waals surface area contributed by atoms with Crippen molar-refractivity contribution in [3.63, 3.8) is 0 Å². The van der Waals surface area contributed by atoms with E-state index in [1.165, 1.54) is 5.56 Å². The minimum atomic E-state index is -0.0777. The molecule has 1 aromatic heterocycles. The highest BCUT2D eigenvalue weighted by Crippen LogP contribution is 2.35. The van der Waals surface area contributed by atoms with Crippen LogP contribution in [0, 0.1) is 6.92 Å². The Morgan fingerprint density at radius 2 is 2.20 bits per heavy atom. The average Bonchev–Trinajstić information content (AvgIpc) is 2.50. The fourth-order valence-electron chi connectivity index (χ4n) is 2.80. The molecule has 0 fully saturated rings. The second kappa shape index (κ2) is 5.61. The van der Waals surface area contributed by atoms with E-state index in [0.29, 0.717) is 0 Å². The number of hydrogen-bond donors (Lipinski definition) is 2. The molecule has 1 aliphatic heterocycles. The zero-order valence-electron chi connectivity index (χ0n) is 11.6. The molecule has 0 saturated carbocycles. The number of pyridine rings is 1. The van der Waals surface area contributed by atoms with E-state index in [0.717, 1.165) is 41.9 Å². The standard InChI is InChI=1S/C16H19N3O/c1-11-10-18-8-7-13(11)15(19-17)14-6-2-4-12-5-3-9-20-16(12)14/h2,4,6-8,10,15,19H,3,5,9,17H2,1H3. The molecule has 3 N–H and O–H groups in total. The summed E-state index contributed by atoms with van der Waals surface area (Å²) >= 11 is 0. The highest BCUT2D eigenvalue weighted by atomic mass is 16.5. The van der Waals surface area contributed by atoms with Crippen molar-refractivity contribution >= 4 is 0 Å². The number of benzene rings is 1. The molecule has 20 heavy (non-hydrogen) atoms. The summed E-state index contributed by atoms with van der Waals surface area (Å²) in [6.45, 7) is 2.82. The maximum atomic E-state index is 5.89. The first kappa shape index (κ1) is 13.1. The molecule has 1 aromatic carbocycles. The number of para-hydroxylation sites is 1. The van der Waals surface area contributed by atoms with Crippen LogP contribution in [-0.2, 0) is 6.42 Å². The first-order valence-electron chi connectivity index (χ1n) is 6.92. The summed E-state index contributed by atoms with van der Waals surface area (Å²) in [4.78, 5) is 4.14. The van der Waals surface area contributed by atoms with Crippen LogP contribution in [0.1, 0.15) is 34.7 Å². The SMILES string of the molecule is Cc1cnccc1C(NN)c1cccc2c1OCCC2. The van der Waals surface area contributed by atoms with Gasteiger partial charge >= 0.3 is 0 Å². The fraction of sp³-hybridized carbons (Fsp3) is 0.312. The van der Waals surface area contributed by atoms with Gasteiger partial charge in [0.05, 0.1) is 12.6 Å². The molecule has 4 heteroatoms. The Hall–Kier alpha value is -1.91. The van der Waals surface area contributed by atoms with Gasteiger partial charge in [0.1, 0.15) is 5.75 Å². The minimum Gasteiger partial charge on any atom is -0.493 e. The maximum absolute atomic E-state index is 5.89. The molecule has 2 heterocycles. The van der Waals surface area contributed by atoms with E-state index >= 15 is 0 Å². The Morgan fingerprint density at radius 1 is 1.30 bits per heavy atom. The molecular formula is C16H19N3O. The van der Waals surface area contributed by atoms with Crippen LogP contribution in [0.2, 0.25) is 0 Å². The van der Waals surface area contributed by atoms with Crippen molar-refractivity contribution < 1.29 is 4.74 Å². The summed E-state index contributed by atoms with van der Waals surface area (Å²) in [5.74, 6) is 6.80. The summed E-state index contributed by atoms with van der Waals surface area (Å²) in [7, 11) is 0. The van der Waals surface area contributed by atoms with E-state index in [-0.39, 0.29) is 6.04 Å². The number of hydrazine groups is 1. The molecule has 4 nitrogen and oxygen atoms in total. The van der Waals surface area contributed by atoms with Gasteiger partial charge in [0, 0.05) is 18.0 Å². The van der Waals surface area contributed by atoms with Crippen LogP contribution in [0.4, 0.5) is 0 Å². The van der Waals surface area contributed by atoms with Crippen molar-refractivity contribution in [1.29, 1.82) is 0 Å². The number of rotatable bonds is 3. The Morgan fingerprint density at radius 3 is 3.00 bits per heavy atom. The van der Waals surface area contributed by atoms with Gasteiger partial charge in [0.2, 0.25) is 0 Å². The quantitative estimate of drug-likeness (QED) is 0.663. The number of hydrogen-bond acceptors (Lipinski definition) is 4. The molecule has 104 valence electrons. The van der Waals surface area contributed by atoms with Crippen molar-refractivity contribution in [3.8, 4) is 5.75 Å². The van der Waals surface area contributed by atoms with Crippen LogP contribution in [0.15, 0.2) is 36.7 Å². The first-order chi connectivity index (χ1) is 9.81. The highest BCUT2D eigenvalue weighted by Gasteiger charge is 2.22. The number of aromatic nitrogens is 1. The molecule has 2 aromatic rings. The second-order valence-corrected chi connectivity index (χ2v) is 5.12. The molecule has 0 spiro atoms. The maximum Gasteiger partial charge on any atom is 0.127 e. The lowest BCUT2D eigenvalue weighted by molar-refractivity contribution is 0.283. The number of ether oxygens (including phenoxy) is 1. The van der Waals surface area contributed by atoms with Crippen LogP contribution in [0.25, 0.3) is 0 Å². The van der Waals surface area contributed by atoms with Gasteiger partial charge in [-0.3, -0.25) is 10.8 Å². The van der Waals surface area contributed by atoms with Gasteiger partial charge in [-0.05, 0) is 42.5 Å². The minimum absolute atomic E-state index is 0.0777. The largest absolute Gasteiger partial charge is 0.493 e. The Labute approximate surface area is 119 Å².